The molecule has 5 atom stereocenters. The summed E-state index contributed by atoms with van der Waals surface area (Å²) in [7, 11) is 0. The number of aromatic nitrogens is 6. The molecule has 5 aromatic heterocycles. The van der Waals surface area contributed by atoms with Crippen molar-refractivity contribution >= 4 is 46.5 Å². The summed E-state index contributed by atoms with van der Waals surface area (Å²) in [4.78, 5) is 59.4. The van der Waals surface area contributed by atoms with E-state index in [1.165, 1.54) is 4.90 Å². The second-order valence-corrected chi connectivity index (χ2v) is 19.8. The summed E-state index contributed by atoms with van der Waals surface area (Å²) in [6.45, 7) is 11.4. The minimum atomic E-state index is -0.817. The fraction of sp³-hybridized carbons (Fsp3) is 0.321. The summed E-state index contributed by atoms with van der Waals surface area (Å²) in [5.41, 5.74) is 8.89. The average Bonchev–Trinajstić information content (AvgIpc) is 4.19. The maximum Gasteiger partial charge on any atom is 0.253 e. The molecular formula is C53H54ClN11O5S. The minimum absolute atomic E-state index is 0.0733. The van der Waals surface area contributed by atoms with Gasteiger partial charge in [0.25, 0.3) is 5.91 Å². The van der Waals surface area contributed by atoms with E-state index in [2.05, 4.69) is 41.7 Å². The number of aliphatic hydroxyl groups excluding tert-OH is 1. The lowest BCUT2D eigenvalue weighted by atomic mass is 10.0. The van der Waals surface area contributed by atoms with E-state index in [1.807, 2.05) is 118 Å². The largest absolute Gasteiger partial charge is 0.471 e. The first kappa shape index (κ1) is 48.6. The number of aryl methyl sites for hydroxylation is 1. The van der Waals surface area contributed by atoms with Crippen LogP contribution in [-0.4, -0.2) is 101 Å². The van der Waals surface area contributed by atoms with Gasteiger partial charge >= 0.3 is 0 Å². The molecule has 2 aliphatic heterocycles. The first-order valence-electron chi connectivity index (χ1n) is 23.6. The quantitative estimate of drug-likeness (QED) is 0.0852. The molecule has 7 aromatic rings. The Morgan fingerprint density at radius 2 is 1.69 bits per heavy atom. The van der Waals surface area contributed by atoms with Gasteiger partial charge < -0.3 is 34.8 Å². The van der Waals surface area contributed by atoms with Gasteiger partial charge in [-0.05, 0) is 91.4 Å². The molecule has 2 saturated heterocycles. The highest BCUT2D eigenvalue weighted by Gasteiger charge is 2.42. The Kier molecular flexibility index (Phi) is 14.3. The Bertz CT molecular complexity index is 3080. The van der Waals surface area contributed by atoms with Crippen molar-refractivity contribution in [3.8, 4) is 44.8 Å². The zero-order valence-corrected chi connectivity index (χ0v) is 41.5. The van der Waals surface area contributed by atoms with Crippen molar-refractivity contribution in [2.24, 2.45) is 5.92 Å². The number of pyridine rings is 2. The van der Waals surface area contributed by atoms with E-state index < -0.39 is 18.2 Å². The van der Waals surface area contributed by atoms with Gasteiger partial charge in [0.2, 0.25) is 17.7 Å². The van der Waals surface area contributed by atoms with E-state index in [4.69, 9.17) is 21.6 Å². The number of carbonyl (C=O) groups excluding carboxylic acids is 3. The van der Waals surface area contributed by atoms with E-state index in [-0.39, 0.29) is 54.8 Å². The maximum atomic E-state index is 14.4. The lowest BCUT2D eigenvalue weighted by Crippen LogP contribution is -2.54. The van der Waals surface area contributed by atoms with Crippen molar-refractivity contribution in [1.82, 2.24) is 44.8 Å². The number of carbonyl (C=O) groups is 3. The molecule has 7 heterocycles. The van der Waals surface area contributed by atoms with Crippen LogP contribution in [0.3, 0.4) is 0 Å². The number of aliphatic hydroxyl groups is 1. The second kappa shape index (κ2) is 20.9. The number of likely N-dealkylation sites (tertiary alicyclic amines) is 1. The van der Waals surface area contributed by atoms with Gasteiger partial charge in [-0.1, -0.05) is 55.8 Å². The molecule has 2 fully saturated rings. The van der Waals surface area contributed by atoms with Crippen LogP contribution in [0.2, 0.25) is 5.02 Å². The van der Waals surface area contributed by atoms with Crippen molar-refractivity contribution in [2.45, 2.75) is 84.0 Å². The van der Waals surface area contributed by atoms with Gasteiger partial charge in [0.1, 0.15) is 30.1 Å². The van der Waals surface area contributed by atoms with Gasteiger partial charge in [-0.15, -0.1) is 11.3 Å². The molecule has 364 valence electrons. The van der Waals surface area contributed by atoms with Crippen LogP contribution in [0.25, 0.3) is 32.8 Å². The molecule has 0 radical (unpaired) electrons. The maximum absolute atomic E-state index is 14.4. The summed E-state index contributed by atoms with van der Waals surface area (Å²) in [5, 5.41) is 31.0. The Hall–Kier alpha value is -7.39. The molecular weight excluding hydrogens is 938 g/mol. The molecule has 3 N–H and O–H groups in total. The van der Waals surface area contributed by atoms with Crippen LogP contribution in [0.15, 0.2) is 115 Å². The third-order valence-corrected chi connectivity index (χ3v) is 14.3. The number of thiazole rings is 1. The smallest absolute Gasteiger partial charge is 0.253 e. The van der Waals surface area contributed by atoms with Crippen LogP contribution < -0.4 is 20.3 Å². The Balaban J connectivity index is 0.763. The standard InChI is InChI=1S/C53H54ClN11O5S/c1-31(2)49(53(69)65-27-42(66)22-46(65)52(68)60-33(4)35-6-8-36(9-7-35)50-34(5)58-30-71-50)62-18-15-41(26-62)37-14-17-56-48(21-37)70-43-28-63(29-43)47-13-12-40(24-57-47)51(67)59-32(3)25-64-19-16-45(61-64)38-10-11-39(23-55)44(54)20-38/h6-21,24,26,30-33,42-43,46,49,66H,22,25,27-29H2,1-5H3,(H,59,67)(H,60,68)/t32?,33-,42+,46?,49-/m0/s1. The zero-order valence-electron chi connectivity index (χ0n) is 39.9. The number of nitriles is 1. The molecule has 71 heavy (non-hydrogen) atoms. The number of halogens is 1. The molecule has 2 aromatic carbocycles. The molecule has 0 bridgehead atoms. The third-order valence-electron chi connectivity index (χ3n) is 13.0. The van der Waals surface area contributed by atoms with Gasteiger partial charge in [0.05, 0.1) is 69.7 Å². The zero-order chi connectivity index (χ0) is 49.9. The van der Waals surface area contributed by atoms with Gasteiger partial charge in [0.15, 0.2) is 0 Å². The number of hydrogen-bond donors (Lipinski definition) is 3. The number of amides is 3. The summed E-state index contributed by atoms with van der Waals surface area (Å²) in [6, 6.07) is 24.5. The van der Waals surface area contributed by atoms with Crippen LogP contribution in [0, 0.1) is 24.2 Å². The highest BCUT2D eigenvalue weighted by molar-refractivity contribution is 7.13. The van der Waals surface area contributed by atoms with E-state index in [0.717, 1.165) is 44.2 Å². The number of hydrogen-bond acceptors (Lipinski definition) is 12. The molecule has 18 heteroatoms. The molecule has 0 spiro atoms. The molecule has 0 aliphatic carbocycles. The van der Waals surface area contributed by atoms with Crippen LogP contribution in [0.5, 0.6) is 5.88 Å². The van der Waals surface area contributed by atoms with Crippen LogP contribution in [0.4, 0.5) is 5.82 Å². The molecule has 2 aliphatic rings. The van der Waals surface area contributed by atoms with Crippen LogP contribution in [-0.2, 0) is 16.1 Å². The summed E-state index contributed by atoms with van der Waals surface area (Å²) in [5.74, 6) is 0.309. The van der Waals surface area contributed by atoms with Crippen molar-refractivity contribution in [3.05, 3.63) is 143 Å². The number of nitrogens with zero attached hydrogens (tertiary/aromatic N) is 9. The molecule has 2 unspecified atom stereocenters. The molecule has 0 saturated carbocycles. The normalized spacial score (nSPS) is 17.1. The highest BCUT2D eigenvalue weighted by atomic mass is 35.5. The third kappa shape index (κ3) is 10.8. The SMILES string of the molecule is Cc1ncsc1-c1ccc([C@H](C)NC(=O)C2C[C@@H](O)CN2C(=O)[C@H](C(C)C)n2ccc(-c3ccnc(OC4CN(c5ccc(C(=O)NC(C)Cn6ccc(-c7ccc(C#N)c(Cl)c7)n6)cn5)C4)c3)c2)cc1. The summed E-state index contributed by atoms with van der Waals surface area (Å²) in [6.07, 6.45) is 8.11. The molecule has 3 amide bonds. The number of nitrogens with one attached hydrogen (secondary N) is 2. The molecule has 16 nitrogen and oxygen atoms in total. The predicted molar refractivity (Wildman–Crippen MR) is 272 cm³/mol. The average molecular weight is 993 g/mol. The van der Waals surface area contributed by atoms with E-state index in [0.29, 0.717) is 47.4 Å². The van der Waals surface area contributed by atoms with Crippen molar-refractivity contribution in [2.75, 3.05) is 24.5 Å². The summed E-state index contributed by atoms with van der Waals surface area (Å²) >= 11 is 7.80. The monoisotopic (exact) mass is 991 g/mol. The highest BCUT2D eigenvalue weighted by Crippen LogP contribution is 2.33. The van der Waals surface area contributed by atoms with Gasteiger partial charge in [-0.25, -0.2) is 15.0 Å². The van der Waals surface area contributed by atoms with E-state index in [1.54, 1.807) is 52.7 Å². The lowest BCUT2D eigenvalue weighted by Gasteiger charge is -2.39. The van der Waals surface area contributed by atoms with E-state index in [9.17, 15) is 19.5 Å². The summed E-state index contributed by atoms with van der Waals surface area (Å²) < 4.78 is 9.92. The van der Waals surface area contributed by atoms with Crippen molar-refractivity contribution < 1.29 is 24.2 Å². The topological polar surface area (TPSA) is 196 Å². The fourth-order valence-electron chi connectivity index (χ4n) is 9.13. The first-order chi connectivity index (χ1) is 34.2. The van der Waals surface area contributed by atoms with Gasteiger partial charge in [0, 0.05) is 61.6 Å². The number of anilines is 1. The van der Waals surface area contributed by atoms with Gasteiger partial charge in [-0.2, -0.15) is 10.4 Å². The van der Waals surface area contributed by atoms with Crippen molar-refractivity contribution in [1.29, 1.82) is 5.26 Å². The first-order valence-corrected chi connectivity index (χ1v) is 24.8. The number of ether oxygens (including phenoxy) is 1. The van der Waals surface area contributed by atoms with Crippen LogP contribution >= 0.6 is 22.9 Å². The fourth-order valence-corrected chi connectivity index (χ4v) is 10.2. The number of benzene rings is 2. The Morgan fingerprint density at radius 3 is 2.39 bits per heavy atom. The Morgan fingerprint density at radius 1 is 0.901 bits per heavy atom. The number of β-amino-alcohol motifs (C(OH)–C–C–N with tert-alkyl or cyclic N) is 1. The second-order valence-electron chi connectivity index (χ2n) is 18.6. The van der Waals surface area contributed by atoms with E-state index >= 15 is 0 Å². The number of rotatable bonds is 16. The molecule has 9 rings (SSSR count). The van der Waals surface area contributed by atoms with Crippen molar-refractivity contribution in [3.63, 3.8) is 0 Å². The van der Waals surface area contributed by atoms with Gasteiger partial charge in [-0.3, -0.25) is 19.1 Å². The minimum Gasteiger partial charge on any atom is -0.471 e. The Labute approximate surface area is 420 Å². The predicted octanol–water partition coefficient (Wildman–Crippen LogP) is 7.89. The lowest BCUT2D eigenvalue weighted by molar-refractivity contribution is -0.142. The van der Waals surface area contributed by atoms with Crippen LogP contribution in [0.1, 0.15) is 73.4 Å².